The molecule has 0 fully saturated rings. The second-order valence-electron chi connectivity index (χ2n) is 1.72. The van der Waals surface area contributed by atoms with E-state index in [1.54, 1.807) is 0 Å². The molecule has 0 spiro atoms. The van der Waals surface area contributed by atoms with Gasteiger partial charge < -0.3 is 4.90 Å². The molecule has 0 bridgehead atoms. The zero-order chi connectivity index (χ0) is 8.36. The van der Waals surface area contributed by atoms with Gasteiger partial charge in [-0.25, -0.2) is 0 Å². The first-order valence-corrected chi connectivity index (χ1v) is 2.51. The van der Waals surface area contributed by atoms with E-state index in [0.29, 0.717) is 4.90 Å². The van der Waals surface area contributed by atoms with Crippen molar-refractivity contribution in [3.05, 3.63) is 6.92 Å². The maximum atomic E-state index is 11.5. The number of carbonyl (C=O) groups excluding carboxylic acids is 1. The maximum absolute atomic E-state index is 11.5. The van der Waals surface area contributed by atoms with Gasteiger partial charge in [0.15, 0.2) is 0 Å². The number of hydrogen-bond acceptors (Lipinski definition) is 1. The van der Waals surface area contributed by atoms with Crippen LogP contribution in [-0.4, -0.2) is 30.6 Å². The molecule has 0 aliphatic rings. The number of hydrogen-bond donors (Lipinski definition) is 0. The molecule has 0 aromatic heterocycles. The van der Waals surface area contributed by atoms with Crippen LogP contribution in [0.25, 0.3) is 0 Å². The third kappa shape index (κ3) is 2.24. The monoisotopic (exact) mass is 154 g/mol. The SMILES string of the molecule is [CH2]CN(C)C(=O)C(F)(F)F. The molecule has 5 heteroatoms. The summed E-state index contributed by atoms with van der Waals surface area (Å²) in [7, 11) is 1.04. The van der Waals surface area contributed by atoms with Gasteiger partial charge in [0.1, 0.15) is 0 Å². The molecule has 59 valence electrons. The van der Waals surface area contributed by atoms with Crippen LogP contribution in [0.15, 0.2) is 0 Å². The molecule has 0 unspecified atom stereocenters. The molecule has 1 radical (unpaired) electrons. The minimum atomic E-state index is -4.77. The summed E-state index contributed by atoms with van der Waals surface area (Å²) in [5, 5.41) is 0. The van der Waals surface area contributed by atoms with Gasteiger partial charge in [-0.2, -0.15) is 13.2 Å². The minimum Gasteiger partial charge on any atom is -0.338 e. The molecule has 0 aromatic carbocycles. The van der Waals surface area contributed by atoms with Crippen LogP contribution in [0.3, 0.4) is 0 Å². The summed E-state index contributed by atoms with van der Waals surface area (Å²) in [6.07, 6.45) is -4.77. The highest BCUT2D eigenvalue weighted by Crippen LogP contribution is 2.16. The number of alkyl halides is 3. The normalized spacial score (nSPS) is 11.3. The number of amides is 1. The van der Waals surface area contributed by atoms with Crippen molar-refractivity contribution in [1.82, 2.24) is 4.90 Å². The second kappa shape index (κ2) is 2.90. The Bertz CT molecular complexity index is 131. The van der Waals surface area contributed by atoms with E-state index in [0.717, 1.165) is 7.05 Å². The molecule has 10 heavy (non-hydrogen) atoms. The highest BCUT2D eigenvalue weighted by atomic mass is 19.4. The summed E-state index contributed by atoms with van der Waals surface area (Å²) < 4.78 is 34.4. The number of halogens is 3. The van der Waals surface area contributed by atoms with E-state index >= 15 is 0 Å². The van der Waals surface area contributed by atoms with Crippen LogP contribution >= 0.6 is 0 Å². The Morgan fingerprint density at radius 2 is 2.00 bits per heavy atom. The zero-order valence-corrected chi connectivity index (χ0v) is 5.40. The predicted octanol–water partition coefficient (Wildman–Crippen LogP) is 0.841. The van der Waals surface area contributed by atoms with E-state index in [2.05, 4.69) is 6.92 Å². The van der Waals surface area contributed by atoms with E-state index < -0.39 is 12.1 Å². The summed E-state index contributed by atoms with van der Waals surface area (Å²) in [6.45, 7) is 2.94. The molecular formula is C5H7F3NO. The van der Waals surface area contributed by atoms with Crippen molar-refractivity contribution in [1.29, 1.82) is 0 Å². The smallest absolute Gasteiger partial charge is 0.338 e. The molecule has 0 heterocycles. The molecule has 0 N–H and O–H groups in total. The van der Waals surface area contributed by atoms with Crippen molar-refractivity contribution in [2.75, 3.05) is 13.6 Å². The predicted molar refractivity (Wildman–Crippen MR) is 29.0 cm³/mol. The Morgan fingerprint density at radius 1 is 1.60 bits per heavy atom. The summed E-state index contributed by atoms with van der Waals surface area (Å²) >= 11 is 0. The number of carbonyl (C=O) groups is 1. The lowest BCUT2D eigenvalue weighted by Crippen LogP contribution is -2.38. The lowest BCUT2D eigenvalue weighted by atomic mass is 10.5. The topological polar surface area (TPSA) is 20.3 Å². The Labute approximate surface area is 56.6 Å². The van der Waals surface area contributed by atoms with Gasteiger partial charge in [0.2, 0.25) is 0 Å². The van der Waals surface area contributed by atoms with Crippen LogP contribution in [0.1, 0.15) is 0 Å². The summed E-state index contributed by atoms with van der Waals surface area (Å²) in [5.41, 5.74) is 0. The summed E-state index contributed by atoms with van der Waals surface area (Å²) in [5.74, 6) is -1.86. The largest absolute Gasteiger partial charge is 0.471 e. The van der Waals surface area contributed by atoms with E-state index in [9.17, 15) is 18.0 Å². The van der Waals surface area contributed by atoms with E-state index in [1.165, 1.54) is 0 Å². The molecule has 0 rings (SSSR count). The zero-order valence-electron chi connectivity index (χ0n) is 5.40. The Morgan fingerprint density at radius 3 is 2.10 bits per heavy atom. The van der Waals surface area contributed by atoms with Crippen LogP contribution in [0.5, 0.6) is 0 Å². The van der Waals surface area contributed by atoms with Crippen molar-refractivity contribution in [3.63, 3.8) is 0 Å². The molecule has 2 nitrogen and oxygen atoms in total. The minimum absolute atomic E-state index is 0.182. The van der Waals surface area contributed by atoms with Gasteiger partial charge in [-0.1, -0.05) is 0 Å². The highest BCUT2D eigenvalue weighted by Gasteiger charge is 2.40. The van der Waals surface area contributed by atoms with Crippen molar-refractivity contribution >= 4 is 5.91 Å². The van der Waals surface area contributed by atoms with Crippen molar-refractivity contribution in [2.45, 2.75) is 6.18 Å². The van der Waals surface area contributed by atoms with Gasteiger partial charge in [-0.15, -0.1) is 0 Å². The quantitative estimate of drug-likeness (QED) is 0.548. The molecular weight excluding hydrogens is 147 g/mol. The highest BCUT2D eigenvalue weighted by molar-refractivity contribution is 5.81. The molecule has 0 atom stereocenters. The van der Waals surface area contributed by atoms with Gasteiger partial charge in [-0.3, -0.25) is 4.79 Å². The van der Waals surface area contributed by atoms with Crippen LogP contribution in [0.4, 0.5) is 13.2 Å². The van der Waals surface area contributed by atoms with Gasteiger partial charge in [0.05, 0.1) is 0 Å². The first kappa shape index (κ1) is 9.26. The summed E-state index contributed by atoms with van der Waals surface area (Å²) in [4.78, 5) is 10.7. The van der Waals surface area contributed by atoms with Gasteiger partial charge in [0.25, 0.3) is 0 Å². The average molecular weight is 154 g/mol. The summed E-state index contributed by atoms with van der Waals surface area (Å²) in [6, 6.07) is 0. The molecule has 1 amide bonds. The Kier molecular flexibility index (Phi) is 2.68. The fraction of sp³-hybridized carbons (Fsp3) is 0.600. The van der Waals surface area contributed by atoms with E-state index in [-0.39, 0.29) is 6.54 Å². The van der Waals surface area contributed by atoms with Crippen molar-refractivity contribution in [3.8, 4) is 0 Å². The lowest BCUT2D eigenvalue weighted by molar-refractivity contribution is -0.183. The van der Waals surface area contributed by atoms with Crippen molar-refractivity contribution in [2.24, 2.45) is 0 Å². The maximum Gasteiger partial charge on any atom is 0.471 e. The van der Waals surface area contributed by atoms with E-state index in [4.69, 9.17) is 0 Å². The van der Waals surface area contributed by atoms with Crippen LogP contribution < -0.4 is 0 Å². The molecule has 0 saturated carbocycles. The average Bonchev–Trinajstić information content (AvgIpc) is 1.83. The second-order valence-corrected chi connectivity index (χ2v) is 1.72. The molecule has 0 saturated heterocycles. The van der Waals surface area contributed by atoms with Crippen LogP contribution in [0.2, 0.25) is 0 Å². The standard InChI is InChI=1S/C5H7F3NO/c1-3-9(2)4(10)5(6,7)8/h1,3H2,2H3. The van der Waals surface area contributed by atoms with Crippen LogP contribution in [-0.2, 0) is 4.79 Å². The van der Waals surface area contributed by atoms with E-state index in [1.807, 2.05) is 0 Å². The fourth-order valence-electron chi connectivity index (χ4n) is 0.318. The fourth-order valence-corrected chi connectivity index (χ4v) is 0.318. The van der Waals surface area contributed by atoms with Gasteiger partial charge >= 0.3 is 12.1 Å². The number of nitrogens with zero attached hydrogens (tertiary/aromatic N) is 1. The third-order valence-electron chi connectivity index (χ3n) is 0.925. The first-order chi connectivity index (χ1) is 4.39. The third-order valence-corrected chi connectivity index (χ3v) is 0.925. The molecule has 0 aliphatic heterocycles. The van der Waals surface area contributed by atoms with Gasteiger partial charge in [0, 0.05) is 13.6 Å². The lowest BCUT2D eigenvalue weighted by Gasteiger charge is -2.15. The Hall–Kier alpha value is -0.740. The Balaban J connectivity index is 4.09. The van der Waals surface area contributed by atoms with Crippen LogP contribution in [0, 0.1) is 6.92 Å². The molecule has 0 aromatic rings. The van der Waals surface area contributed by atoms with Crippen molar-refractivity contribution < 1.29 is 18.0 Å². The molecule has 0 aliphatic carbocycles. The van der Waals surface area contributed by atoms with Gasteiger partial charge in [-0.05, 0) is 6.92 Å². The number of rotatable bonds is 1. The first-order valence-electron chi connectivity index (χ1n) is 2.51.